The molecule has 1 aromatic rings. The third-order valence-electron chi connectivity index (χ3n) is 4.69. The summed E-state index contributed by atoms with van der Waals surface area (Å²) in [4.78, 5) is 0. The lowest BCUT2D eigenvalue weighted by atomic mass is 9.99. The Morgan fingerprint density at radius 3 is 2.24 bits per heavy atom. The fourth-order valence-corrected chi connectivity index (χ4v) is 5.73. The summed E-state index contributed by atoms with van der Waals surface area (Å²) in [5.41, 5.74) is 0.825. The average molecular weight is 385 g/mol. The molecule has 1 heterocycles. The van der Waals surface area contributed by atoms with Gasteiger partial charge < -0.3 is 0 Å². The van der Waals surface area contributed by atoms with E-state index < -0.39 is 20.0 Å². The Balaban J connectivity index is 1.47. The minimum atomic E-state index is -3.49. The van der Waals surface area contributed by atoms with Crippen LogP contribution in [0.15, 0.2) is 35.7 Å². The van der Waals surface area contributed by atoms with Crippen LogP contribution in [0.1, 0.15) is 31.2 Å². The first-order chi connectivity index (χ1) is 11.9. The van der Waals surface area contributed by atoms with Crippen molar-refractivity contribution in [2.75, 3.05) is 19.6 Å². The normalized spacial score (nSPS) is 21.0. The van der Waals surface area contributed by atoms with Crippen molar-refractivity contribution in [1.82, 2.24) is 9.03 Å². The molecule has 1 saturated carbocycles. The van der Waals surface area contributed by atoms with E-state index in [9.17, 15) is 16.8 Å². The van der Waals surface area contributed by atoms with Crippen LogP contribution in [0.25, 0.3) is 6.08 Å². The zero-order valence-electron chi connectivity index (χ0n) is 14.0. The number of hydrogen-bond acceptors (Lipinski definition) is 4. The minimum absolute atomic E-state index is 0.172. The smallest absolute Gasteiger partial charge is 0.212 e. The number of hydrogen-bond donors (Lipinski definition) is 1. The summed E-state index contributed by atoms with van der Waals surface area (Å²) in [7, 11) is -6.60. The Bertz CT molecular complexity index is 807. The molecule has 1 aromatic carbocycles. The second-order valence-electron chi connectivity index (χ2n) is 6.69. The fraction of sp³-hybridized carbons (Fsp3) is 0.529. The Kier molecular flexibility index (Phi) is 5.62. The van der Waals surface area contributed by atoms with Crippen LogP contribution < -0.4 is 4.72 Å². The lowest BCUT2D eigenvalue weighted by Gasteiger charge is -2.31. The lowest BCUT2D eigenvalue weighted by Crippen LogP contribution is -2.42. The average Bonchev–Trinajstić information content (AvgIpc) is 3.45. The molecule has 0 aromatic heterocycles. The summed E-state index contributed by atoms with van der Waals surface area (Å²) < 4.78 is 52.7. The molecule has 1 N–H and O–H groups in total. The first-order valence-electron chi connectivity index (χ1n) is 8.58. The molecule has 6 nitrogen and oxygen atoms in total. The Morgan fingerprint density at radius 1 is 1.00 bits per heavy atom. The second kappa shape index (κ2) is 7.57. The number of sulfonamides is 2. The van der Waals surface area contributed by atoms with Crippen molar-refractivity contribution in [3.63, 3.8) is 0 Å². The molecule has 8 heteroatoms. The van der Waals surface area contributed by atoms with Crippen molar-refractivity contribution in [2.45, 2.75) is 30.9 Å². The summed E-state index contributed by atoms with van der Waals surface area (Å²) in [5, 5.41) is 1.00. The molecule has 2 fully saturated rings. The van der Waals surface area contributed by atoms with Gasteiger partial charge in [0.25, 0.3) is 0 Å². The maximum atomic E-state index is 12.2. The van der Waals surface area contributed by atoms with Gasteiger partial charge >= 0.3 is 0 Å². The molecule has 0 unspecified atom stereocenters. The van der Waals surface area contributed by atoms with Crippen LogP contribution in [0.5, 0.6) is 0 Å². The Morgan fingerprint density at radius 2 is 1.64 bits per heavy atom. The van der Waals surface area contributed by atoms with E-state index in [0.29, 0.717) is 32.5 Å². The van der Waals surface area contributed by atoms with Gasteiger partial charge in [-0.15, -0.1) is 0 Å². The van der Waals surface area contributed by atoms with E-state index in [0.717, 1.165) is 18.4 Å². The van der Waals surface area contributed by atoms with Crippen molar-refractivity contribution >= 4 is 26.1 Å². The van der Waals surface area contributed by atoms with Gasteiger partial charge in [-0.05, 0) is 43.2 Å². The predicted octanol–water partition coefficient (Wildman–Crippen LogP) is 1.78. The van der Waals surface area contributed by atoms with Crippen LogP contribution in [0.2, 0.25) is 0 Å². The molecule has 1 aliphatic heterocycles. The standard InChI is InChI=1S/C17H24N2O4S2/c20-24(21,13-10-15-4-2-1-3-5-15)18-14-16-8-11-19(12-9-16)25(22,23)17-6-7-17/h1-5,10,13,16-18H,6-9,11-12,14H2. The van der Waals surface area contributed by atoms with Gasteiger partial charge in [-0.1, -0.05) is 30.3 Å². The molecule has 2 aliphatic rings. The van der Waals surface area contributed by atoms with E-state index >= 15 is 0 Å². The second-order valence-corrected chi connectivity index (χ2v) is 10.6. The number of benzene rings is 1. The van der Waals surface area contributed by atoms with Gasteiger partial charge in [-0.2, -0.15) is 0 Å². The number of nitrogens with zero attached hydrogens (tertiary/aromatic N) is 1. The van der Waals surface area contributed by atoms with Crippen LogP contribution in [-0.4, -0.2) is 46.0 Å². The molecule has 0 bridgehead atoms. The third kappa shape index (κ3) is 5.13. The summed E-state index contributed by atoms with van der Waals surface area (Å²) in [6.07, 6.45) is 4.49. The quantitative estimate of drug-likeness (QED) is 0.777. The van der Waals surface area contributed by atoms with E-state index in [4.69, 9.17) is 0 Å². The summed E-state index contributed by atoms with van der Waals surface area (Å²) in [5.74, 6) is 0.172. The van der Waals surface area contributed by atoms with E-state index in [2.05, 4.69) is 4.72 Å². The first kappa shape index (κ1) is 18.6. The van der Waals surface area contributed by atoms with Crippen LogP contribution in [0.3, 0.4) is 0 Å². The highest BCUT2D eigenvalue weighted by atomic mass is 32.2. The minimum Gasteiger partial charge on any atom is -0.212 e. The lowest BCUT2D eigenvalue weighted by molar-refractivity contribution is 0.274. The van der Waals surface area contributed by atoms with Crippen molar-refractivity contribution in [1.29, 1.82) is 0 Å². The van der Waals surface area contributed by atoms with E-state index in [1.54, 1.807) is 10.4 Å². The van der Waals surface area contributed by atoms with Gasteiger partial charge in [-0.3, -0.25) is 0 Å². The highest BCUT2D eigenvalue weighted by Crippen LogP contribution is 2.33. The predicted molar refractivity (Wildman–Crippen MR) is 98.6 cm³/mol. The molecule has 1 aliphatic carbocycles. The zero-order chi connectivity index (χ0) is 17.9. The maximum Gasteiger partial charge on any atom is 0.233 e. The van der Waals surface area contributed by atoms with Crippen LogP contribution in [-0.2, 0) is 20.0 Å². The number of rotatable bonds is 7. The molecule has 138 valence electrons. The van der Waals surface area contributed by atoms with Crippen molar-refractivity contribution in [2.24, 2.45) is 5.92 Å². The molecule has 3 rings (SSSR count). The Labute approximate surface area is 150 Å². The molecule has 0 radical (unpaired) electrons. The van der Waals surface area contributed by atoms with E-state index in [-0.39, 0.29) is 11.2 Å². The van der Waals surface area contributed by atoms with E-state index in [1.807, 2.05) is 30.3 Å². The Hall–Kier alpha value is -1.22. The summed E-state index contributed by atoms with van der Waals surface area (Å²) in [6.45, 7) is 1.33. The van der Waals surface area contributed by atoms with Crippen LogP contribution in [0, 0.1) is 5.92 Å². The van der Waals surface area contributed by atoms with Gasteiger partial charge in [0.1, 0.15) is 0 Å². The molecular formula is C17H24N2O4S2. The first-order valence-corrected chi connectivity index (χ1v) is 11.6. The van der Waals surface area contributed by atoms with Crippen molar-refractivity contribution in [3.8, 4) is 0 Å². The zero-order valence-corrected chi connectivity index (χ0v) is 15.7. The van der Waals surface area contributed by atoms with Crippen LogP contribution in [0.4, 0.5) is 0 Å². The van der Waals surface area contributed by atoms with Gasteiger partial charge in [0, 0.05) is 25.0 Å². The summed E-state index contributed by atoms with van der Waals surface area (Å²) >= 11 is 0. The topological polar surface area (TPSA) is 83.6 Å². The van der Waals surface area contributed by atoms with Gasteiger partial charge in [0.15, 0.2) is 0 Å². The highest BCUT2D eigenvalue weighted by molar-refractivity contribution is 7.92. The molecule has 1 saturated heterocycles. The fourth-order valence-electron chi connectivity index (χ4n) is 2.96. The largest absolute Gasteiger partial charge is 0.233 e. The van der Waals surface area contributed by atoms with Gasteiger partial charge in [-0.25, -0.2) is 25.9 Å². The van der Waals surface area contributed by atoms with Gasteiger partial charge in [0.05, 0.1) is 5.25 Å². The molecule has 25 heavy (non-hydrogen) atoms. The molecule has 0 atom stereocenters. The monoisotopic (exact) mass is 384 g/mol. The number of piperidine rings is 1. The molecule has 0 amide bonds. The highest BCUT2D eigenvalue weighted by Gasteiger charge is 2.41. The van der Waals surface area contributed by atoms with Crippen molar-refractivity contribution in [3.05, 3.63) is 41.3 Å². The summed E-state index contributed by atoms with van der Waals surface area (Å²) in [6, 6.07) is 9.25. The molecule has 0 spiro atoms. The van der Waals surface area contributed by atoms with Gasteiger partial charge in [0.2, 0.25) is 20.0 Å². The maximum absolute atomic E-state index is 12.2. The molecular weight excluding hydrogens is 360 g/mol. The SMILES string of the molecule is O=S(=O)(C=Cc1ccccc1)NCC1CCN(S(=O)(=O)C2CC2)CC1. The van der Waals surface area contributed by atoms with E-state index in [1.165, 1.54) is 5.41 Å². The van der Waals surface area contributed by atoms with Crippen LogP contribution >= 0.6 is 0 Å². The number of nitrogens with one attached hydrogen (secondary N) is 1. The van der Waals surface area contributed by atoms with Crippen molar-refractivity contribution < 1.29 is 16.8 Å². The third-order valence-corrected chi connectivity index (χ3v) is 8.15.